The van der Waals surface area contributed by atoms with E-state index in [9.17, 15) is 9.59 Å². The summed E-state index contributed by atoms with van der Waals surface area (Å²) in [5, 5.41) is 0. The molecule has 3 fully saturated rings. The maximum absolute atomic E-state index is 12.5. The zero-order valence-electron chi connectivity index (χ0n) is 13.8. The second kappa shape index (κ2) is 5.86. The smallest absolute Gasteiger partial charge is 0.248 e. The van der Waals surface area contributed by atoms with Gasteiger partial charge in [0, 0.05) is 19.6 Å². The normalized spacial score (nSPS) is 31.5. The second-order valence-electron chi connectivity index (χ2n) is 6.56. The molecule has 128 valence electrons. The number of hydrogen-bond acceptors (Lipinski definition) is 4. The third-order valence-corrected chi connectivity index (χ3v) is 5.35. The summed E-state index contributed by atoms with van der Waals surface area (Å²) in [7, 11) is 0. The van der Waals surface area contributed by atoms with Crippen molar-refractivity contribution in [3.8, 4) is 0 Å². The van der Waals surface area contributed by atoms with Crippen molar-refractivity contribution in [3.63, 3.8) is 0 Å². The first-order valence-corrected chi connectivity index (χ1v) is 8.56. The molecular weight excluding hydrogens is 308 g/mol. The molecule has 0 unspecified atom stereocenters. The minimum Gasteiger partial charge on any atom is -0.372 e. The Morgan fingerprint density at radius 2 is 2.17 bits per heavy atom. The number of likely N-dealkylation sites (tertiary alicyclic amines) is 1. The van der Waals surface area contributed by atoms with E-state index < -0.39 is 5.72 Å². The van der Waals surface area contributed by atoms with Gasteiger partial charge in [-0.15, -0.1) is 0 Å². The molecule has 0 bridgehead atoms. The van der Waals surface area contributed by atoms with E-state index in [0.29, 0.717) is 32.5 Å². The summed E-state index contributed by atoms with van der Waals surface area (Å²) in [5.41, 5.74) is 0.423. The highest BCUT2D eigenvalue weighted by molar-refractivity contribution is 5.85. The lowest BCUT2D eigenvalue weighted by Crippen LogP contribution is -2.49. The Kier molecular flexibility index (Phi) is 3.81. The van der Waals surface area contributed by atoms with Gasteiger partial charge in [0.05, 0.1) is 19.0 Å². The monoisotopic (exact) mass is 330 g/mol. The van der Waals surface area contributed by atoms with Gasteiger partial charge in [-0.3, -0.25) is 9.59 Å². The molecule has 0 saturated carbocycles. The van der Waals surface area contributed by atoms with Crippen molar-refractivity contribution in [1.29, 1.82) is 0 Å². The molecule has 4 rings (SSSR count). The Balaban J connectivity index is 1.57. The quantitative estimate of drug-likeness (QED) is 0.835. The number of benzene rings is 1. The molecule has 0 N–H and O–H groups in total. The first-order valence-electron chi connectivity index (χ1n) is 8.56. The summed E-state index contributed by atoms with van der Waals surface area (Å²) in [5.74, 6) is 0.0208. The van der Waals surface area contributed by atoms with Gasteiger partial charge in [-0.2, -0.15) is 0 Å². The molecule has 1 aromatic carbocycles. The molecule has 0 radical (unpaired) electrons. The van der Waals surface area contributed by atoms with E-state index in [1.165, 1.54) is 0 Å². The fraction of sp³-hybridized carbons (Fsp3) is 0.556. The predicted molar refractivity (Wildman–Crippen MR) is 85.9 cm³/mol. The van der Waals surface area contributed by atoms with Crippen LogP contribution in [0.3, 0.4) is 0 Å². The zero-order chi connectivity index (χ0) is 16.7. The van der Waals surface area contributed by atoms with Crippen molar-refractivity contribution in [3.05, 3.63) is 35.9 Å². The minimum absolute atomic E-state index is 0.0554. The van der Waals surface area contributed by atoms with Crippen molar-refractivity contribution in [2.75, 3.05) is 26.3 Å². The lowest BCUT2D eigenvalue weighted by Gasteiger charge is -2.31. The van der Waals surface area contributed by atoms with Gasteiger partial charge in [0.1, 0.15) is 12.7 Å². The van der Waals surface area contributed by atoms with Crippen LogP contribution in [-0.2, 0) is 19.1 Å². The second-order valence-corrected chi connectivity index (χ2v) is 6.56. The van der Waals surface area contributed by atoms with Crippen LogP contribution in [0.4, 0.5) is 0 Å². The molecule has 3 saturated heterocycles. The van der Waals surface area contributed by atoms with Gasteiger partial charge in [-0.05, 0) is 12.5 Å². The molecule has 24 heavy (non-hydrogen) atoms. The van der Waals surface area contributed by atoms with Crippen LogP contribution in [0.15, 0.2) is 30.3 Å². The third kappa shape index (κ3) is 2.24. The first kappa shape index (κ1) is 15.6. The van der Waals surface area contributed by atoms with Crippen LogP contribution in [0.2, 0.25) is 0 Å². The van der Waals surface area contributed by atoms with E-state index >= 15 is 0 Å². The standard InChI is InChI=1S/C18H22N2O4/c1-2-23-12-17(22)19-9-8-18-15(19)10-16(21)20(18)11-14(24-18)13-6-4-3-5-7-13/h3-7,14-15H,2,8-12H2,1H3/t14-,15+,18-/m0/s1. The van der Waals surface area contributed by atoms with Gasteiger partial charge in [0.25, 0.3) is 0 Å². The van der Waals surface area contributed by atoms with Gasteiger partial charge in [0.15, 0.2) is 5.72 Å². The molecule has 6 nitrogen and oxygen atoms in total. The molecule has 1 spiro atoms. The summed E-state index contributed by atoms with van der Waals surface area (Å²) < 4.78 is 11.7. The fourth-order valence-corrected chi connectivity index (χ4v) is 4.24. The van der Waals surface area contributed by atoms with Crippen molar-refractivity contribution in [1.82, 2.24) is 9.80 Å². The Labute approximate surface area is 141 Å². The number of nitrogens with zero attached hydrogens (tertiary/aromatic N) is 2. The lowest BCUT2D eigenvalue weighted by atomic mass is 10.1. The van der Waals surface area contributed by atoms with Gasteiger partial charge in [-0.25, -0.2) is 0 Å². The van der Waals surface area contributed by atoms with Crippen molar-refractivity contribution < 1.29 is 19.1 Å². The number of ether oxygens (including phenoxy) is 2. The van der Waals surface area contributed by atoms with E-state index in [2.05, 4.69) is 0 Å². The Morgan fingerprint density at radius 1 is 1.38 bits per heavy atom. The van der Waals surface area contributed by atoms with Crippen LogP contribution in [-0.4, -0.2) is 59.7 Å². The third-order valence-electron chi connectivity index (χ3n) is 5.35. The number of hydrogen-bond donors (Lipinski definition) is 0. The number of rotatable bonds is 4. The van der Waals surface area contributed by atoms with E-state index in [0.717, 1.165) is 5.56 Å². The lowest BCUT2D eigenvalue weighted by molar-refractivity contribution is -0.145. The number of carbonyl (C=O) groups excluding carboxylic acids is 2. The Hall–Kier alpha value is -1.92. The molecule has 2 amide bonds. The number of carbonyl (C=O) groups is 2. The van der Waals surface area contributed by atoms with Crippen LogP contribution in [0.25, 0.3) is 0 Å². The van der Waals surface area contributed by atoms with Crippen molar-refractivity contribution >= 4 is 11.8 Å². The average Bonchev–Trinajstić information content (AvgIpc) is 3.22. The van der Waals surface area contributed by atoms with E-state index in [1.54, 1.807) is 4.90 Å². The SMILES string of the molecule is CCOCC(=O)N1CC[C@@]23O[C@H](c4ccccc4)CN2C(=O)C[C@@H]13. The maximum atomic E-state index is 12.5. The Bertz CT molecular complexity index is 650. The van der Waals surface area contributed by atoms with Gasteiger partial charge in [-0.1, -0.05) is 30.3 Å². The summed E-state index contributed by atoms with van der Waals surface area (Å²) in [6, 6.07) is 9.77. The largest absolute Gasteiger partial charge is 0.372 e. The summed E-state index contributed by atoms with van der Waals surface area (Å²) in [6.07, 6.45) is 0.893. The highest BCUT2D eigenvalue weighted by Crippen LogP contribution is 2.50. The molecular formula is C18H22N2O4. The minimum atomic E-state index is -0.653. The van der Waals surface area contributed by atoms with E-state index in [-0.39, 0.29) is 30.6 Å². The highest BCUT2D eigenvalue weighted by atomic mass is 16.5. The molecule has 0 aromatic heterocycles. The van der Waals surface area contributed by atoms with Crippen LogP contribution >= 0.6 is 0 Å². The van der Waals surface area contributed by atoms with Crippen LogP contribution in [0.5, 0.6) is 0 Å². The van der Waals surface area contributed by atoms with Crippen molar-refractivity contribution in [2.45, 2.75) is 37.6 Å². The summed E-state index contributed by atoms with van der Waals surface area (Å²) in [4.78, 5) is 28.5. The molecule has 0 aliphatic carbocycles. The Morgan fingerprint density at radius 3 is 2.92 bits per heavy atom. The van der Waals surface area contributed by atoms with E-state index in [1.807, 2.05) is 42.2 Å². The first-order chi connectivity index (χ1) is 11.7. The maximum Gasteiger partial charge on any atom is 0.248 e. The van der Waals surface area contributed by atoms with Crippen LogP contribution in [0.1, 0.15) is 31.4 Å². The van der Waals surface area contributed by atoms with Gasteiger partial charge < -0.3 is 19.3 Å². The topological polar surface area (TPSA) is 59.1 Å². The summed E-state index contributed by atoms with van der Waals surface area (Å²) >= 11 is 0. The fourth-order valence-electron chi connectivity index (χ4n) is 4.24. The summed E-state index contributed by atoms with van der Waals surface area (Å²) in [6.45, 7) is 3.62. The highest BCUT2D eigenvalue weighted by Gasteiger charge is 2.64. The molecule has 3 aliphatic rings. The number of amides is 2. The molecule has 6 heteroatoms. The van der Waals surface area contributed by atoms with Gasteiger partial charge in [0.2, 0.25) is 11.8 Å². The average molecular weight is 330 g/mol. The zero-order valence-corrected chi connectivity index (χ0v) is 13.8. The molecule has 3 heterocycles. The van der Waals surface area contributed by atoms with Crippen molar-refractivity contribution in [2.24, 2.45) is 0 Å². The van der Waals surface area contributed by atoms with Crippen LogP contribution < -0.4 is 0 Å². The predicted octanol–water partition coefficient (Wildman–Crippen LogP) is 1.32. The molecule has 3 atom stereocenters. The molecule has 3 aliphatic heterocycles. The van der Waals surface area contributed by atoms with Gasteiger partial charge >= 0.3 is 0 Å². The van der Waals surface area contributed by atoms with Crippen LogP contribution in [0, 0.1) is 0 Å². The molecule has 1 aromatic rings. The van der Waals surface area contributed by atoms with E-state index in [4.69, 9.17) is 9.47 Å².